The van der Waals surface area contributed by atoms with Gasteiger partial charge in [-0.1, -0.05) is 19.1 Å². The summed E-state index contributed by atoms with van der Waals surface area (Å²) in [7, 11) is 0. The fourth-order valence-corrected chi connectivity index (χ4v) is 3.19. The first-order valence-electron chi connectivity index (χ1n) is 9.40. The number of carbonyl (C=O) groups excluding carboxylic acids is 1. The average molecular weight is 352 g/mol. The quantitative estimate of drug-likeness (QED) is 0.897. The third-order valence-corrected chi connectivity index (χ3v) is 4.98. The molecule has 0 bridgehead atoms. The second kappa shape index (κ2) is 8.21. The Morgan fingerprint density at radius 1 is 1.12 bits per heavy atom. The normalized spacial score (nSPS) is 15.7. The minimum Gasteiger partial charge on any atom is -0.368 e. The number of piperazine rings is 1. The molecule has 1 aromatic heterocycles. The van der Waals surface area contributed by atoms with Crippen LogP contribution >= 0.6 is 0 Å². The molecule has 2 aromatic rings. The minimum absolute atomic E-state index is 0.0976. The summed E-state index contributed by atoms with van der Waals surface area (Å²) in [5, 5.41) is 2.98. The second-order valence-electron chi connectivity index (χ2n) is 7.00. The second-order valence-corrected chi connectivity index (χ2v) is 7.00. The van der Waals surface area contributed by atoms with E-state index in [0.29, 0.717) is 5.69 Å². The Morgan fingerprint density at radius 3 is 2.38 bits per heavy atom. The molecule has 1 aliphatic rings. The monoisotopic (exact) mass is 352 g/mol. The Bertz CT molecular complexity index is 753. The topological polar surface area (TPSA) is 48.5 Å². The first-order valence-corrected chi connectivity index (χ1v) is 9.40. The molecule has 5 nitrogen and oxygen atoms in total. The first-order chi connectivity index (χ1) is 12.6. The van der Waals surface area contributed by atoms with E-state index in [-0.39, 0.29) is 11.9 Å². The zero-order chi connectivity index (χ0) is 18.5. The number of hydrogen-bond donors (Lipinski definition) is 1. The molecule has 1 saturated heterocycles. The molecule has 1 amide bonds. The number of anilines is 2. The molecule has 0 radical (unpaired) electrons. The highest BCUT2D eigenvalue weighted by Crippen LogP contribution is 2.21. The molecule has 0 spiro atoms. The van der Waals surface area contributed by atoms with E-state index in [1.54, 1.807) is 6.20 Å². The van der Waals surface area contributed by atoms with Crippen molar-refractivity contribution in [2.24, 2.45) is 0 Å². The number of nitrogens with one attached hydrogen (secondary N) is 1. The zero-order valence-electron chi connectivity index (χ0n) is 15.9. The van der Waals surface area contributed by atoms with Crippen LogP contribution < -0.4 is 15.1 Å². The predicted molar refractivity (Wildman–Crippen MR) is 107 cm³/mol. The van der Waals surface area contributed by atoms with E-state index in [1.807, 2.05) is 19.1 Å². The van der Waals surface area contributed by atoms with Gasteiger partial charge in [-0.05, 0) is 50.1 Å². The van der Waals surface area contributed by atoms with Crippen LogP contribution in [0.4, 0.5) is 11.4 Å². The van der Waals surface area contributed by atoms with Gasteiger partial charge >= 0.3 is 0 Å². The van der Waals surface area contributed by atoms with E-state index in [9.17, 15) is 4.79 Å². The predicted octanol–water partition coefficient (Wildman–Crippen LogP) is 3.24. The van der Waals surface area contributed by atoms with Gasteiger partial charge in [0, 0.05) is 49.8 Å². The van der Waals surface area contributed by atoms with Crippen molar-refractivity contribution in [3.8, 4) is 0 Å². The van der Waals surface area contributed by atoms with Gasteiger partial charge in [0.1, 0.15) is 5.69 Å². The molecule has 1 unspecified atom stereocenters. The summed E-state index contributed by atoms with van der Waals surface area (Å²) in [5.41, 5.74) is 4.13. The van der Waals surface area contributed by atoms with Crippen LogP contribution in [-0.2, 0) is 0 Å². The van der Waals surface area contributed by atoms with Crippen molar-refractivity contribution in [2.45, 2.75) is 33.2 Å². The minimum atomic E-state index is -0.0976. The average Bonchev–Trinajstić information content (AvgIpc) is 2.68. The maximum Gasteiger partial charge on any atom is 0.270 e. The number of amides is 1. The van der Waals surface area contributed by atoms with E-state index < -0.39 is 0 Å². The van der Waals surface area contributed by atoms with Gasteiger partial charge in [0.05, 0.1) is 0 Å². The Kier molecular flexibility index (Phi) is 5.76. The van der Waals surface area contributed by atoms with E-state index >= 15 is 0 Å². The van der Waals surface area contributed by atoms with Crippen molar-refractivity contribution < 1.29 is 4.79 Å². The van der Waals surface area contributed by atoms with Crippen LogP contribution in [-0.4, -0.2) is 43.1 Å². The molecule has 1 aliphatic heterocycles. The number of hydrogen-bond acceptors (Lipinski definition) is 4. The maximum absolute atomic E-state index is 12.3. The smallest absolute Gasteiger partial charge is 0.270 e. The number of carbonyl (C=O) groups is 1. The summed E-state index contributed by atoms with van der Waals surface area (Å²) >= 11 is 0. The largest absolute Gasteiger partial charge is 0.368 e. The number of aromatic nitrogens is 1. The molecule has 1 fully saturated rings. The summed E-state index contributed by atoms with van der Waals surface area (Å²) < 4.78 is 0. The molecule has 3 rings (SSSR count). The Balaban J connectivity index is 1.64. The summed E-state index contributed by atoms with van der Waals surface area (Å²) in [6.45, 7) is 10.0. The lowest BCUT2D eigenvalue weighted by Crippen LogP contribution is -2.46. The van der Waals surface area contributed by atoms with E-state index in [1.165, 1.54) is 11.3 Å². The van der Waals surface area contributed by atoms with E-state index in [2.05, 4.69) is 58.2 Å². The lowest BCUT2D eigenvalue weighted by molar-refractivity contribution is 0.0934. The van der Waals surface area contributed by atoms with Crippen molar-refractivity contribution >= 4 is 17.3 Å². The highest BCUT2D eigenvalue weighted by Gasteiger charge is 2.19. The van der Waals surface area contributed by atoms with Crippen molar-refractivity contribution in [3.05, 3.63) is 53.9 Å². The SMILES string of the molecule is CCC(C)NC(=O)c1cc(N2CCN(c3cccc(C)c3)CC2)ccn1. The lowest BCUT2D eigenvalue weighted by atomic mass is 10.2. The van der Waals surface area contributed by atoms with Crippen LogP contribution in [0.15, 0.2) is 42.6 Å². The summed E-state index contributed by atoms with van der Waals surface area (Å²) in [6, 6.07) is 12.7. The number of rotatable bonds is 5. The van der Waals surface area contributed by atoms with Gasteiger partial charge in [0.15, 0.2) is 0 Å². The highest BCUT2D eigenvalue weighted by atomic mass is 16.1. The van der Waals surface area contributed by atoms with Crippen LogP contribution in [0.25, 0.3) is 0 Å². The number of pyridine rings is 1. The molecule has 138 valence electrons. The Hall–Kier alpha value is -2.56. The fourth-order valence-electron chi connectivity index (χ4n) is 3.19. The van der Waals surface area contributed by atoms with Crippen LogP contribution in [0.5, 0.6) is 0 Å². The van der Waals surface area contributed by atoms with Gasteiger partial charge in [-0.15, -0.1) is 0 Å². The molecular formula is C21H28N4O. The van der Waals surface area contributed by atoms with Crippen molar-refractivity contribution in [1.29, 1.82) is 0 Å². The van der Waals surface area contributed by atoms with Crippen LogP contribution in [0.2, 0.25) is 0 Å². The standard InChI is InChI=1S/C21H28N4O/c1-4-17(3)23-21(26)20-15-19(8-9-22-20)25-12-10-24(11-13-25)18-7-5-6-16(2)14-18/h5-9,14-15,17H,4,10-13H2,1-3H3,(H,23,26). The number of nitrogens with zero attached hydrogens (tertiary/aromatic N) is 3. The van der Waals surface area contributed by atoms with E-state index in [4.69, 9.17) is 0 Å². The number of aryl methyl sites for hydroxylation is 1. The first kappa shape index (κ1) is 18.2. The summed E-state index contributed by atoms with van der Waals surface area (Å²) in [4.78, 5) is 21.3. The van der Waals surface area contributed by atoms with Crippen LogP contribution in [0.3, 0.4) is 0 Å². The summed E-state index contributed by atoms with van der Waals surface area (Å²) in [5.74, 6) is -0.0976. The van der Waals surface area contributed by atoms with Gasteiger partial charge in [-0.3, -0.25) is 9.78 Å². The molecular weight excluding hydrogens is 324 g/mol. The Morgan fingerprint density at radius 2 is 1.77 bits per heavy atom. The molecule has 0 aliphatic carbocycles. The Labute approximate surface area is 156 Å². The molecule has 0 saturated carbocycles. The third kappa shape index (κ3) is 4.34. The molecule has 1 N–H and O–H groups in total. The zero-order valence-corrected chi connectivity index (χ0v) is 15.9. The molecule has 1 atom stereocenters. The van der Waals surface area contributed by atoms with Crippen LogP contribution in [0, 0.1) is 6.92 Å². The molecule has 2 heterocycles. The molecule has 5 heteroatoms. The lowest BCUT2D eigenvalue weighted by Gasteiger charge is -2.37. The maximum atomic E-state index is 12.3. The van der Waals surface area contributed by atoms with E-state index in [0.717, 1.165) is 38.3 Å². The number of benzene rings is 1. The van der Waals surface area contributed by atoms with Gasteiger partial charge in [0.2, 0.25) is 0 Å². The fraction of sp³-hybridized carbons (Fsp3) is 0.429. The highest BCUT2D eigenvalue weighted by molar-refractivity contribution is 5.93. The van der Waals surface area contributed by atoms with Gasteiger partial charge in [-0.25, -0.2) is 0 Å². The van der Waals surface area contributed by atoms with Crippen molar-refractivity contribution in [3.63, 3.8) is 0 Å². The van der Waals surface area contributed by atoms with Crippen LogP contribution in [0.1, 0.15) is 36.3 Å². The van der Waals surface area contributed by atoms with Crippen molar-refractivity contribution in [1.82, 2.24) is 10.3 Å². The van der Waals surface area contributed by atoms with Gasteiger partial charge < -0.3 is 15.1 Å². The molecule has 26 heavy (non-hydrogen) atoms. The van der Waals surface area contributed by atoms with Crippen molar-refractivity contribution in [2.75, 3.05) is 36.0 Å². The van der Waals surface area contributed by atoms with Gasteiger partial charge in [-0.2, -0.15) is 0 Å². The third-order valence-electron chi connectivity index (χ3n) is 4.98. The van der Waals surface area contributed by atoms with Gasteiger partial charge in [0.25, 0.3) is 5.91 Å². The molecule has 1 aromatic carbocycles. The summed E-state index contributed by atoms with van der Waals surface area (Å²) in [6.07, 6.45) is 2.64.